The number of aryl methyl sites for hydroxylation is 1. The molecule has 1 aliphatic heterocycles. The van der Waals surface area contributed by atoms with Gasteiger partial charge in [-0.3, -0.25) is 0 Å². The quantitative estimate of drug-likeness (QED) is 0.910. The van der Waals surface area contributed by atoms with Crippen LogP contribution in [0.15, 0.2) is 6.07 Å². The molecule has 5 heteroatoms. The van der Waals surface area contributed by atoms with Gasteiger partial charge in [-0.05, 0) is 51.8 Å². The number of nitrogens with zero attached hydrogens (tertiary/aromatic N) is 2. The molecule has 0 radical (unpaired) electrons. The number of hydrogen-bond acceptors (Lipinski definition) is 3. The zero-order valence-corrected chi connectivity index (χ0v) is 12.3. The van der Waals surface area contributed by atoms with Gasteiger partial charge in [0.1, 0.15) is 5.82 Å². The van der Waals surface area contributed by atoms with Gasteiger partial charge in [0.15, 0.2) is 0 Å². The second-order valence-corrected chi connectivity index (χ2v) is 5.09. The predicted molar refractivity (Wildman–Crippen MR) is 78.1 cm³/mol. The first-order chi connectivity index (χ1) is 7.83. The Bertz CT molecular complexity index is 388. The van der Waals surface area contributed by atoms with E-state index >= 15 is 0 Å². The molecule has 0 aromatic carbocycles. The first kappa shape index (κ1) is 15.7. The van der Waals surface area contributed by atoms with Gasteiger partial charge in [0.25, 0.3) is 0 Å². The predicted octanol–water partition coefficient (Wildman–Crippen LogP) is 2.97. The summed E-state index contributed by atoms with van der Waals surface area (Å²) in [5.74, 6) is 2.42. The molecule has 0 amide bonds. The van der Waals surface area contributed by atoms with Crippen molar-refractivity contribution in [3.8, 4) is 0 Å². The zero-order valence-electron chi connectivity index (χ0n) is 10.7. The second kappa shape index (κ2) is 6.69. The molecule has 2 heterocycles. The Labute approximate surface area is 121 Å². The first-order valence-corrected chi connectivity index (χ1v) is 6.39. The van der Waals surface area contributed by atoms with Crippen molar-refractivity contribution in [2.75, 3.05) is 13.1 Å². The highest BCUT2D eigenvalue weighted by Crippen LogP contribution is 2.39. The summed E-state index contributed by atoms with van der Waals surface area (Å²) in [4.78, 5) is 9.41. The number of halogens is 2. The minimum atomic E-state index is 0. The van der Waals surface area contributed by atoms with Crippen LogP contribution in [0.4, 0.5) is 0 Å². The van der Waals surface area contributed by atoms with E-state index in [0.717, 1.165) is 30.5 Å². The standard InChI is InChI=1S/C13H19N3.2ClH/c1-9-8-12(10-2-3-10)16-13(15-9)11-4-6-14-7-5-11;;/h8,10-11,14H,2-7H2,1H3;2*1H. The molecule has 0 spiro atoms. The molecule has 18 heavy (non-hydrogen) atoms. The van der Waals surface area contributed by atoms with Crippen molar-refractivity contribution in [1.82, 2.24) is 15.3 Å². The number of piperidine rings is 1. The van der Waals surface area contributed by atoms with Crippen molar-refractivity contribution in [3.63, 3.8) is 0 Å². The summed E-state index contributed by atoms with van der Waals surface area (Å²) in [5.41, 5.74) is 2.44. The van der Waals surface area contributed by atoms with Crippen LogP contribution in [-0.2, 0) is 0 Å². The number of rotatable bonds is 2. The Morgan fingerprint density at radius 2 is 1.67 bits per heavy atom. The summed E-state index contributed by atoms with van der Waals surface area (Å²) in [7, 11) is 0. The second-order valence-electron chi connectivity index (χ2n) is 5.09. The fraction of sp³-hybridized carbons (Fsp3) is 0.692. The summed E-state index contributed by atoms with van der Waals surface area (Å²) in [6.07, 6.45) is 5.02. The highest BCUT2D eigenvalue weighted by Gasteiger charge is 2.27. The number of hydrogen-bond donors (Lipinski definition) is 1. The van der Waals surface area contributed by atoms with Gasteiger partial charge in [0, 0.05) is 23.2 Å². The van der Waals surface area contributed by atoms with Crippen LogP contribution in [0.5, 0.6) is 0 Å². The number of aromatic nitrogens is 2. The lowest BCUT2D eigenvalue weighted by Gasteiger charge is -2.21. The van der Waals surface area contributed by atoms with Crippen molar-refractivity contribution in [2.45, 2.75) is 44.4 Å². The molecule has 102 valence electrons. The zero-order chi connectivity index (χ0) is 11.0. The monoisotopic (exact) mass is 289 g/mol. The molecule has 0 bridgehead atoms. The molecule has 0 unspecified atom stereocenters. The van der Waals surface area contributed by atoms with E-state index in [1.165, 1.54) is 31.4 Å². The number of nitrogens with one attached hydrogen (secondary N) is 1. The third-order valence-electron chi connectivity index (χ3n) is 3.59. The van der Waals surface area contributed by atoms with Gasteiger partial charge in [0.05, 0.1) is 0 Å². The molecule has 1 N–H and O–H groups in total. The van der Waals surface area contributed by atoms with Gasteiger partial charge in [-0.2, -0.15) is 0 Å². The fourth-order valence-electron chi connectivity index (χ4n) is 2.47. The van der Waals surface area contributed by atoms with E-state index in [9.17, 15) is 0 Å². The van der Waals surface area contributed by atoms with Crippen molar-refractivity contribution < 1.29 is 0 Å². The molecule has 0 atom stereocenters. The van der Waals surface area contributed by atoms with Gasteiger partial charge in [-0.1, -0.05) is 0 Å². The van der Waals surface area contributed by atoms with Crippen molar-refractivity contribution in [1.29, 1.82) is 0 Å². The maximum atomic E-state index is 4.78. The van der Waals surface area contributed by atoms with Crippen molar-refractivity contribution in [2.24, 2.45) is 0 Å². The Morgan fingerprint density at radius 1 is 1.00 bits per heavy atom. The summed E-state index contributed by atoms with van der Waals surface area (Å²) in [6.45, 7) is 4.32. The van der Waals surface area contributed by atoms with Crippen LogP contribution in [0.3, 0.4) is 0 Å². The average molecular weight is 290 g/mol. The Morgan fingerprint density at radius 3 is 2.28 bits per heavy atom. The summed E-state index contributed by atoms with van der Waals surface area (Å²) >= 11 is 0. The Kier molecular flexibility index (Phi) is 5.83. The van der Waals surface area contributed by atoms with Crippen molar-refractivity contribution in [3.05, 3.63) is 23.3 Å². The highest BCUT2D eigenvalue weighted by atomic mass is 35.5. The van der Waals surface area contributed by atoms with Gasteiger partial charge < -0.3 is 5.32 Å². The molecule has 1 saturated carbocycles. The van der Waals surface area contributed by atoms with E-state index in [1.807, 2.05) is 0 Å². The summed E-state index contributed by atoms with van der Waals surface area (Å²) < 4.78 is 0. The maximum Gasteiger partial charge on any atom is 0.132 e. The van der Waals surface area contributed by atoms with Crippen molar-refractivity contribution >= 4 is 24.8 Å². The van der Waals surface area contributed by atoms with E-state index in [0.29, 0.717) is 5.92 Å². The van der Waals surface area contributed by atoms with E-state index in [-0.39, 0.29) is 24.8 Å². The van der Waals surface area contributed by atoms with Crippen LogP contribution in [-0.4, -0.2) is 23.1 Å². The molecule has 1 aromatic rings. The third-order valence-corrected chi connectivity index (χ3v) is 3.59. The molecule has 2 fully saturated rings. The smallest absolute Gasteiger partial charge is 0.132 e. The lowest BCUT2D eigenvalue weighted by Crippen LogP contribution is -2.27. The third kappa shape index (κ3) is 3.56. The van der Waals surface area contributed by atoms with Gasteiger partial charge >= 0.3 is 0 Å². The van der Waals surface area contributed by atoms with Gasteiger partial charge in [0.2, 0.25) is 0 Å². The lowest BCUT2D eigenvalue weighted by atomic mass is 9.97. The van der Waals surface area contributed by atoms with E-state index in [2.05, 4.69) is 23.3 Å². The average Bonchev–Trinajstić information content (AvgIpc) is 3.13. The van der Waals surface area contributed by atoms with Crippen LogP contribution < -0.4 is 5.32 Å². The lowest BCUT2D eigenvalue weighted by molar-refractivity contribution is 0.443. The summed E-state index contributed by atoms with van der Waals surface area (Å²) in [5, 5.41) is 3.39. The molecule has 1 saturated heterocycles. The van der Waals surface area contributed by atoms with Crippen LogP contribution in [0.2, 0.25) is 0 Å². The largest absolute Gasteiger partial charge is 0.317 e. The molecular formula is C13H21Cl2N3. The molecule has 3 rings (SSSR count). The van der Waals surface area contributed by atoms with Crippen LogP contribution in [0, 0.1) is 6.92 Å². The topological polar surface area (TPSA) is 37.8 Å². The van der Waals surface area contributed by atoms with Crippen LogP contribution >= 0.6 is 24.8 Å². The van der Waals surface area contributed by atoms with Gasteiger partial charge in [-0.15, -0.1) is 24.8 Å². The molecular weight excluding hydrogens is 269 g/mol. The molecule has 1 aliphatic carbocycles. The van der Waals surface area contributed by atoms with E-state index < -0.39 is 0 Å². The molecule has 1 aromatic heterocycles. The minimum Gasteiger partial charge on any atom is -0.317 e. The Hall–Kier alpha value is -0.380. The van der Waals surface area contributed by atoms with E-state index in [4.69, 9.17) is 4.98 Å². The molecule has 3 nitrogen and oxygen atoms in total. The normalized spacial score (nSPS) is 19.8. The minimum absolute atomic E-state index is 0. The first-order valence-electron chi connectivity index (χ1n) is 6.39. The van der Waals surface area contributed by atoms with Gasteiger partial charge in [-0.25, -0.2) is 9.97 Å². The fourth-order valence-corrected chi connectivity index (χ4v) is 2.47. The van der Waals surface area contributed by atoms with E-state index in [1.54, 1.807) is 0 Å². The highest BCUT2D eigenvalue weighted by molar-refractivity contribution is 5.85. The van der Waals surface area contributed by atoms with Crippen LogP contribution in [0.1, 0.15) is 54.7 Å². The maximum absolute atomic E-state index is 4.78. The SMILES string of the molecule is Cc1cc(C2CC2)nc(C2CCNCC2)n1.Cl.Cl. The summed E-state index contributed by atoms with van der Waals surface area (Å²) in [6, 6.07) is 2.17. The molecule has 2 aliphatic rings. The Balaban J connectivity index is 0.000000810. The van der Waals surface area contributed by atoms with Crippen LogP contribution in [0.25, 0.3) is 0 Å².